The maximum absolute atomic E-state index is 13.2. The van der Waals surface area contributed by atoms with E-state index in [1.807, 2.05) is 41.3 Å². The number of amides is 2. The van der Waals surface area contributed by atoms with Crippen molar-refractivity contribution >= 4 is 11.8 Å². The highest BCUT2D eigenvalue weighted by atomic mass is 16.2. The van der Waals surface area contributed by atoms with Gasteiger partial charge < -0.3 is 9.80 Å². The van der Waals surface area contributed by atoms with Crippen LogP contribution in [0.25, 0.3) is 0 Å². The van der Waals surface area contributed by atoms with Gasteiger partial charge in [-0.15, -0.1) is 0 Å². The molecule has 4 heteroatoms. The van der Waals surface area contributed by atoms with Crippen molar-refractivity contribution in [2.45, 2.75) is 50.9 Å². The highest BCUT2D eigenvalue weighted by Gasteiger charge is 2.31. The van der Waals surface area contributed by atoms with Gasteiger partial charge >= 0.3 is 0 Å². The third-order valence-corrected chi connectivity index (χ3v) is 6.90. The molecule has 0 atom stereocenters. The molecule has 2 aliphatic rings. The van der Waals surface area contributed by atoms with E-state index in [-0.39, 0.29) is 17.7 Å². The van der Waals surface area contributed by atoms with Crippen LogP contribution in [0.3, 0.4) is 0 Å². The van der Waals surface area contributed by atoms with Gasteiger partial charge in [-0.3, -0.25) is 9.59 Å². The molecule has 2 aliphatic heterocycles. The lowest BCUT2D eigenvalue weighted by Gasteiger charge is -2.34. The van der Waals surface area contributed by atoms with E-state index in [4.69, 9.17) is 0 Å². The second-order valence-corrected chi connectivity index (χ2v) is 8.97. The molecule has 4 nitrogen and oxygen atoms in total. The van der Waals surface area contributed by atoms with Crippen LogP contribution in [-0.4, -0.2) is 47.8 Å². The predicted molar refractivity (Wildman–Crippen MR) is 124 cm³/mol. The van der Waals surface area contributed by atoms with Gasteiger partial charge in [-0.1, -0.05) is 73.5 Å². The molecule has 2 aromatic carbocycles. The minimum Gasteiger partial charge on any atom is -0.343 e. The Hall–Kier alpha value is -2.62. The summed E-state index contributed by atoms with van der Waals surface area (Å²) in [5.41, 5.74) is 2.35. The van der Waals surface area contributed by atoms with Crippen molar-refractivity contribution in [2.24, 2.45) is 5.92 Å². The van der Waals surface area contributed by atoms with Crippen molar-refractivity contribution in [3.05, 3.63) is 71.8 Å². The largest absolute Gasteiger partial charge is 0.343 e. The highest BCUT2D eigenvalue weighted by Crippen LogP contribution is 2.30. The first-order valence-corrected chi connectivity index (χ1v) is 11.9. The molecule has 0 radical (unpaired) electrons. The van der Waals surface area contributed by atoms with Gasteiger partial charge in [0.1, 0.15) is 0 Å². The zero-order chi connectivity index (χ0) is 21.5. The molecule has 0 bridgehead atoms. The number of hydrogen-bond acceptors (Lipinski definition) is 2. The standard InChI is InChI=1S/C27H34N2O2/c30-26(21-25(22-11-5-3-6-12-22)23-13-7-4-8-14-23)28-19-15-24(16-20-28)27(31)29-17-9-1-2-10-18-29/h3-8,11-14,24-25H,1-2,9-10,15-21H2. The van der Waals surface area contributed by atoms with Crippen LogP contribution in [0.1, 0.15) is 62.0 Å². The normalized spacial score (nSPS) is 18.1. The van der Waals surface area contributed by atoms with Crippen LogP contribution in [0, 0.1) is 5.92 Å². The molecule has 0 N–H and O–H groups in total. The van der Waals surface area contributed by atoms with E-state index in [9.17, 15) is 9.59 Å². The molecule has 2 aromatic rings. The summed E-state index contributed by atoms with van der Waals surface area (Å²) in [5.74, 6) is 0.659. The molecule has 2 amide bonds. The quantitative estimate of drug-likeness (QED) is 0.696. The Morgan fingerprint density at radius 1 is 0.710 bits per heavy atom. The van der Waals surface area contributed by atoms with E-state index >= 15 is 0 Å². The van der Waals surface area contributed by atoms with Crippen LogP contribution < -0.4 is 0 Å². The van der Waals surface area contributed by atoms with E-state index in [0.717, 1.165) is 38.8 Å². The molecule has 164 valence electrons. The molecule has 0 saturated carbocycles. The van der Waals surface area contributed by atoms with Gasteiger partial charge in [0.15, 0.2) is 0 Å². The fourth-order valence-electron chi connectivity index (χ4n) is 5.03. The summed E-state index contributed by atoms with van der Waals surface area (Å²) in [6.07, 6.45) is 6.79. The molecule has 31 heavy (non-hydrogen) atoms. The van der Waals surface area contributed by atoms with Gasteiger partial charge in [0.25, 0.3) is 0 Å². The predicted octanol–water partition coefficient (Wildman–Crippen LogP) is 4.85. The highest BCUT2D eigenvalue weighted by molar-refractivity contribution is 5.80. The third-order valence-electron chi connectivity index (χ3n) is 6.90. The smallest absolute Gasteiger partial charge is 0.225 e. The first-order valence-electron chi connectivity index (χ1n) is 11.9. The molecule has 0 aliphatic carbocycles. The van der Waals surface area contributed by atoms with Crippen LogP contribution in [-0.2, 0) is 9.59 Å². The number of hydrogen-bond donors (Lipinski definition) is 0. The Labute approximate surface area is 186 Å². The van der Waals surface area contributed by atoms with Gasteiger partial charge in [0.05, 0.1) is 0 Å². The van der Waals surface area contributed by atoms with Crippen molar-refractivity contribution < 1.29 is 9.59 Å². The van der Waals surface area contributed by atoms with Gasteiger partial charge in [-0.05, 0) is 36.8 Å². The summed E-state index contributed by atoms with van der Waals surface area (Å²) in [5, 5.41) is 0. The van der Waals surface area contributed by atoms with Gasteiger partial charge in [-0.25, -0.2) is 0 Å². The molecule has 0 aromatic heterocycles. The third kappa shape index (κ3) is 5.55. The van der Waals surface area contributed by atoms with Gasteiger partial charge in [0.2, 0.25) is 11.8 Å². The molecule has 0 spiro atoms. The first-order chi connectivity index (χ1) is 15.2. The van der Waals surface area contributed by atoms with E-state index in [1.165, 1.54) is 24.0 Å². The molecular weight excluding hydrogens is 384 g/mol. The average Bonchev–Trinajstić information content (AvgIpc) is 3.13. The SMILES string of the molecule is O=C(CC(c1ccccc1)c1ccccc1)N1CCC(C(=O)N2CCCCCC2)CC1. The number of piperidine rings is 1. The number of carbonyl (C=O) groups is 2. The number of likely N-dealkylation sites (tertiary alicyclic amines) is 2. The van der Waals surface area contributed by atoms with Crippen molar-refractivity contribution in [3.63, 3.8) is 0 Å². The lowest BCUT2D eigenvalue weighted by atomic mass is 9.87. The molecule has 2 fully saturated rings. The van der Waals surface area contributed by atoms with Crippen LogP contribution in [0.4, 0.5) is 0 Å². The van der Waals surface area contributed by atoms with Crippen molar-refractivity contribution in [2.75, 3.05) is 26.2 Å². The Morgan fingerprint density at radius 2 is 1.23 bits per heavy atom. The monoisotopic (exact) mass is 418 g/mol. The number of nitrogens with zero attached hydrogens (tertiary/aromatic N) is 2. The van der Waals surface area contributed by atoms with Crippen LogP contribution >= 0.6 is 0 Å². The zero-order valence-electron chi connectivity index (χ0n) is 18.4. The van der Waals surface area contributed by atoms with Gasteiger partial charge in [0, 0.05) is 44.4 Å². The Kier molecular flexibility index (Phi) is 7.39. The fourth-order valence-corrected chi connectivity index (χ4v) is 5.03. The van der Waals surface area contributed by atoms with Crippen molar-refractivity contribution in [3.8, 4) is 0 Å². The topological polar surface area (TPSA) is 40.6 Å². The summed E-state index contributed by atoms with van der Waals surface area (Å²) < 4.78 is 0. The second-order valence-electron chi connectivity index (χ2n) is 8.97. The van der Waals surface area contributed by atoms with Crippen LogP contribution in [0.5, 0.6) is 0 Å². The minimum atomic E-state index is 0.0614. The minimum absolute atomic E-state index is 0.0614. The molecule has 4 rings (SSSR count). The zero-order valence-corrected chi connectivity index (χ0v) is 18.4. The molecule has 2 saturated heterocycles. The maximum atomic E-state index is 13.2. The summed E-state index contributed by atoms with van der Waals surface area (Å²) in [6.45, 7) is 3.21. The summed E-state index contributed by atoms with van der Waals surface area (Å²) in [6, 6.07) is 20.6. The summed E-state index contributed by atoms with van der Waals surface area (Å²) in [7, 11) is 0. The first kappa shape index (κ1) is 21.6. The number of carbonyl (C=O) groups excluding carboxylic acids is 2. The lowest BCUT2D eigenvalue weighted by molar-refractivity contribution is -0.140. The summed E-state index contributed by atoms with van der Waals surface area (Å²) >= 11 is 0. The Bertz CT molecular complexity index is 797. The molecule has 2 heterocycles. The van der Waals surface area contributed by atoms with Crippen molar-refractivity contribution in [1.82, 2.24) is 9.80 Å². The van der Waals surface area contributed by atoms with E-state index in [1.54, 1.807) is 0 Å². The summed E-state index contributed by atoms with van der Waals surface area (Å²) in [4.78, 5) is 30.2. The maximum Gasteiger partial charge on any atom is 0.225 e. The number of benzene rings is 2. The van der Waals surface area contributed by atoms with E-state index in [0.29, 0.717) is 25.4 Å². The van der Waals surface area contributed by atoms with Gasteiger partial charge in [-0.2, -0.15) is 0 Å². The van der Waals surface area contributed by atoms with Crippen LogP contribution in [0.2, 0.25) is 0 Å². The molecular formula is C27H34N2O2. The number of rotatable bonds is 5. The van der Waals surface area contributed by atoms with Crippen molar-refractivity contribution in [1.29, 1.82) is 0 Å². The van der Waals surface area contributed by atoms with E-state index in [2.05, 4.69) is 29.2 Å². The van der Waals surface area contributed by atoms with E-state index < -0.39 is 0 Å². The fraction of sp³-hybridized carbons (Fsp3) is 0.481. The Morgan fingerprint density at radius 3 is 1.74 bits per heavy atom. The molecule has 0 unspecified atom stereocenters. The average molecular weight is 419 g/mol. The van der Waals surface area contributed by atoms with Crippen LogP contribution in [0.15, 0.2) is 60.7 Å². The second kappa shape index (κ2) is 10.6. The lowest BCUT2D eigenvalue weighted by Crippen LogP contribution is -2.45. The Balaban J connectivity index is 1.37.